The maximum absolute atomic E-state index is 13.0. The zero-order chi connectivity index (χ0) is 19.5. The van der Waals surface area contributed by atoms with Crippen LogP contribution < -0.4 is 4.74 Å². The summed E-state index contributed by atoms with van der Waals surface area (Å²) in [5, 5.41) is 0. The summed E-state index contributed by atoms with van der Waals surface area (Å²) in [5.74, 6) is 2.08. The van der Waals surface area contributed by atoms with E-state index in [-0.39, 0.29) is 11.9 Å². The van der Waals surface area contributed by atoms with Crippen molar-refractivity contribution in [2.24, 2.45) is 0 Å². The first-order chi connectivity index (χ1) is 13.7. The third-order valence-corrected chi connectivity index (χ3v) is 5.02. The van der Waals surface area contributed by atoms with E-state index in [1.54, 1.807) is 19.5 Å². The molecule has 1 aliphatic rings. The smallest absolute Gasteiger partial charge is 0.257 e. The monoisotopic (exact) mass is 378 g/mol. The number of likely N-dealkylation sites (tertiary alicyclic amines) is 1. The Balaban J connectivity index is 1.52. The minimum atomic E-state index is -0.161. The van der Waals surface area contributed by atoms with E-state index in [0.29, 0.717) is 30.1 Å². The fourth-order valence-corrected chi connectivity index (χ4v) is 3.56. The van der Waals surface area contributed by atoms with Gasteiger partial charge in [-0.15, -0.1) is 0 Å². The Hall–Kier alpha value is -3.22. The molecule has 7 heteroatoms. The molecule has 1 aliphatic heterocycles. The van der Waals surface area contributed by atoms with Crippen LogP contribution in [0.2, 0.25) is 0 Å². The number of methoxy groups -OCH3 is 1. The molecular weight excluding hydrogens is 356 g/mol. The Bertz CT molecular complexity index is 985. The van der Waals surface area contributed by atoms with Gasteiger partial charge in [0, 0.05) is 19.2 Å². The maximum atomic E-state index is 13.0. The van der Waals surface area contributed by atoms with Gasteiger partial charge >= 0.3 is 0 Å². The van der Waals surface area contributed by atoms with Gasteiger partial charge in [0.1, 0.15) is 23.9 Å². The number of ether oxygens (including phenoxy) is 1. The average Bonchev–Trinajstić information content (AvgIpc) is 3.37. The number of carbonyl (C=O) groups is 1. The molecule has 7 nitrogen and oxygen atoms in total. The number of nitrogens with zero attached hydrogens (tertiary/aromatic N) is 4. The van der Waals surface area contributed by atoms with Crippen LogP contribution in [-0.4, -0.2) is 39.4 Å². The molecule has 0 spiro atoms. The number of hydrogen-bond donors (Lipinski definition) is 0. The Morgan fingerprint density at radius 2 is 2.21 bits per heavy atom. The molecular formula is C21H22N4O3. The summed E-state index contributed by atoms with van der Waals surface area (Å²) in [5.41, 5.74) is 2.28. The molecule has 0 radical (unpaired) electrons. The van der Waals surface area contributed by atoms with Gasteiger partial charge in [0.05, 0.1) is 24.6 Å². The first kappa shape index (κ1) is 18.2. The van der Waals surface area contributed by atoms with E-state index in [1.165, 1.54) is 6.33 Å². The second-order valence-corrected chi connectivity index (χ2v) is 6.87. The van der Waals surface area contributed by atoms with Crippen molar-refractivity contribution in [3.63, 3.8) is 0 Å². The normalized spacial score (nSPS) is 16.4. The minimum Gasteiger partial charge on any atom is -0.497 e. The summed E-state index contributed by atoms with van der Waals surface area (Å²) in [7, 11) is 1.65. The van der Waals surface area contributed by atoms with Crippen molar-refractivity contribution < 1.29 is 13.9 Å². The summed E-state index contributed by atoms with van der Waals surface area (Å²) < 4.78 is 11.3. The molecule has 0 saturated carbocycles. The molecule has 1 saturated heterocycles. The van der Waals surface area contributed by atoms with E-state index in [1.807, 2.05) is 36.1 Å². The molecule has 1 amide bonds. The van der Waals surface area contributed by atoms with Crippen LogP contribution in [0, 0.1) is 6.92 Å². The van der Waals surface area contributed by atoms with Gasteiger partial charge in [-0.3, -0.25) is 4.79 Å². The van der Waals surface area contributed by atoms with Crippen molar-refractivity contribution in [3.05, 3.63) is 71.5 Å². The van der Waals surface area contributed by atoms with Crippen molar-refractivity contribution in [2.75, 3.05) is 13.7 Å². The van der Waals surface area contributed by atoms with Crippen LogP contribution in [0.1, 0.15) is 52.1 Å². The van der Waals surface area contributed by atoms with Crippen LogP contribution in [0.5, 0.6) is 5.75 Å². The lowest BCUT2D eigenvalue weighted by atomic mass is 10.1. The molecule has 0 bridgehead atoms. The van der Waals surface area contributed by atoms with E-state index in [0.717, 1.165) is 29.9 Å². The first-order valence-electron chi connectivity index (χ1n) is 9.31. The van der Waals surface area contributed by atoms with E-state index < -0.39 is 0 Å². The van der Waals surface area contributed by atoms with Gasteiger partial charge in [-0.25, -0.2) is 15.0 Å². The van der Waals surface area contributed by atoms with Crippen LogP contribution in [0.25, 0.3) is 0 Å². The number of aryl methyl sites for hydroxylation is 1. The Morgan fingerprint density at radius 1 is 1.32 bits per heavy atom. The Kier molecular flexibility index (Phi) is 5.06. The molecule has 4 rings (SSSR count). The van der Waals surface area contributed by atoms with Gasteiger partial charge in [-0.2, -0.15) is 0 Å². The quantitative estimate of drug-likeness (QED) is 0.677. The number of carbonyl (C=O) groups excluding carboxylic acids is 1. The van der Waals surface area contributed by atoms with Gasteiger partial charge in [-0.05, 0) is 37.5 Å². The number of hydrogen-bond acceptors (Lipinski definition) is 6. The van der Waals surface area contributed by atoms with E-state index in [9.17, 15) is 4.79 Å². The number of benzene rings is 1. The molecule has 3 heterocycles. The standard InChI is InChI=1S/C21H22N4O3/c1-14-18(12-22-13-24-14)21(26)25-8-4-7-19(25)20-23-11-17(28-20)10-15-5-3-6-16(9-15)27-2/h3,5-6,9,11-13,19H,4,7-8,10H2,1-2H3. The van der Waals surface area contributed by atoms with Crippen molar-refractivity contribution in [2.45, 2.75) is 32.2 Å². The third kappa shape index (κ3) is 3.60. The maximum Gasteiger partial charge on any atom is 0.257 e. The Morgan fingerprint density at radius 3 is 3.04 bits per heavy atom. The zero-order valence-electron chi connectivity index (χ0n) is 16.0. The third-order valence-electron chi connectivity index (χ3n) is 5.02. The highest BCUT2D eigenvalue weighted by atomic mass is 16.5. The first-order valence-corrected chi connectivity index (χ1v) is 9.31. The molecule has 1 fully saturated rings. The lowest BCUT2D eigenvalue weighted by molar-refractivity contribution is 0.0713. The zero-order valence-corrected chi connectivity index (χ0v) is 16.0. The molecule has 1 unspecified atom stereocenters. The largest absolute Gasteiger partial charge is 0.497 e. The highest BCUT2D eigenvalue weighted by molar-refractivity contribution is 5.95. The van der Waals surface area contributed by atoms with Gasteiger partial charge in [0.25, 0.3) is 5.91 Å². The molecule has 0 N–H and O–H groups in total. The van der Waals surface area contributed by atoms with E-state index in [4.69, 9.17) is 9.15 Å². The van der Waals surface area contributed by atoms with Crippen molar-refractivity contribution in [1.82, 2.24) is 19.9 Å². The number of oxazole rings is 1. The second-order valence-electron chi connectivity index (χ2n) is 6.87. The SMILES string of the molecule is COc1cccc(Cc2cnc(C3CCCN3C(=O)c3cncnc3C)o2)c1. The predicted octanol–water partition coefficient (Wildman–Crippen LogP) is 3.35. The van der Waals surface area contributed by atoms with Crippen LogP contribution in [0.3, 0.4) is 0 Å². The number of aromatic nitrogens is 3. The summed E-state index contributed by atoms with van der Waals surface area (Å²) in [6.45, 7) is 2.49. The minimum absolute atomic E-state index is 0.0758. The molecule has 2 aromatic heterocycles. The van der Waals surface area contributed by atoms with Gasteiger partial charge < -0.3 is 14.1 Å². The molecule has 0 aliphatic carbocycles. The summed E-state index contributed by atoms with van der Waals surface area (Å²) in [4.78, 5) is 27.4. The summed E-state index contributed by atoms with van der Waals surface area (Å²) >= 11 is 0. The average molecular weight is 378 g/mol. The predicted molar refractivity (Wildman–Crippen MR) is 102 cm³/mol. The highest BCUT2D eigenvalue weighted by Gasteiger charge is 2.34. The molecule has 3 aromatic rings. The summed E-state index contributed by atoms with van der Waals surface area (Å²) in [6, 6.07) is 7.70. The fourth-order valence-electron chi connectivity index (χ4n) is 3.56. The second kappa shape index (κ2) is 7.80. The van der Waals surface area contributed by atoms with E-state index >= 15 is 0 Å². The number of amides is 1. The van der Waals surface area contributed by atoms with Gasteiger partial charge in [0.2, 0.25) is 5.89 Å². The highest BCUT2D eigenvalue weighted by Crippen LogP contribution is 2.33. The molecule has 28 heavy (non-hydrogen) atoms. The molecule has 1 atom stereocenters. The lowest BCUT2D eigenvalue weighted by Crippen LogP contribution is -2.31. The fraction of sp³-hybridized carbons (Fsp3) is 0.333. The van der Waals surface area contributed by atoms with Crippen molar-refractivity contribution in [3.8, 4) is 5.75 Å². The Labute approximate surface area is 163 Å². The van der Waals surface area contributed by atoms with E-state index in [2.05, 4.69) is 15.0 Å². The molecule has 1 aromatic carbocycles. The van der Waals surface area contributed by atoms with Crippen molar-refractivity contribution >= 4 is 5.91 Å². The molecule has 144 valence electrons. The van der Waals surface area contributed by atoms with Crippen molar-refractivity contribution in [1.29, 1.82) is 0 Å². The van der Waals surface area contributed by atoms with Crippen LogP contribution in [-0.2, 0) is 6.42 Å². The van der Waals surface area contributed by atoms with Gasteiger partial charge in [0.15, 0.2) is 0 Å². The van der Waals surface area contributed by atoms with Crippen LogP contribution in [0.4, 0.5) is 0 Å². The lowest BCUT2D eigenvalue weighted by Gasteiger charge is -2.22. The van der Waals surface area contributed by atoms with Crippen LogP contribution >= 0.6 is 0 Å². The summed E-state index contributed by atoms with van der Waals surface area (Å²) in [6.07, 6.45) is 7.13. The van der Waals surface area contributed by atoms with Crippen LogP contribution in [0.15, 0.2) is 47.4 Å². The topological polar surface area (TPSA) is 81.4 Å². The number of rotatable bonds is 5. The van der Waals surface area contributed by atoms with Gasteiger partial charge in [-0.1, -0.05) is 12.1 Å².